The first-order valence-corrected chi connectivity index (χ1v) is 9.80. The molecule has 0 saturated carbocycles. The van der Waals surface area contributed by atoms with Crippen molar-refractivity contribution in [2.24, 2.45) is 0 Å². The van der Waals surface area contributed by atoms with Crippen molar-refractivity contribution in [3.05, 3.63) is 66.2 Å². The van der Waals surface area contributed by atoms with E-state index in [0.717, 1.165) is 17.1 Å². The lowest BCUT2D eigenvalue weighted by atomic mass is 10.2. The van der Waals surface area contributed by atoms with Gasteiger partial charge < -0.3 is 10.6 Å². The van der Waals surface area contributed by atoms with Crippen molar-refractivity contribution >= 4 is 35.0 Å². The van der Waals surface area contributed by atoms with Crippen LogP contribution in [0, 0.1) is 0 Å². The summed E-state index contributed by atoms with van der Waals surface area (Å²) in [7, 11) is 0. The van der Waals surface area contributed by atoms with E-state index in [2.05, 4.69) is 32.5 Å². The maximum absolute atomic E-state index is 12.7. The lowest BCUT2D eigenvalue weighted by Crippen LogP contribution is -2.13. The molecule has 6 nitrogen and oxygen atoms in total. The molecule has 0 aliphatic heterocycles. The molecule has 3 aromatic heterocycles. The van der Waals surface area contributed by atoms with Crippen LogP contribution in [0.15, 0.2) is 60.0 Å². The van der Waals surface area contributed by atoms with Gasteiger partial charge in [-0.05, 0) is 36.4 Å². The zero-order chi connectivity index (χ0) is 19.8. The van der Waals surface area contributed by atoms with Crippen LogP contribution < -0.4 is 10.6 Å². The second kappa shape index (κ2) is 9.80. The van der Waals surface area contributed by atoms with Crippen LogP contribution in [0.4, 0.5) is 21.7 Å². The number of hydrogen-bond acceptors (Lipinski definition) is 6. The van der Waals surface area contributed by atoms with Crippen molar-refractivity contribution < 1.29 is 9.18 Å². The van der Waals surface area contributed by atoms with Gasteiger partial charge in [-0.2, -0.15) is 0 Å². The largest absolute Gasteiger partial charge is 0.325 e. The van der Waals surface area contributed by atoms with Crippen molar-refractivity contribution in [2.75, 3.05) is 16.4 Å². The maximum atomic E-state index is 12.7. The minimum Gasteiger partial charge on any atom is -0.325 e. The molecule has 0 spiro atoms. The molecule has 1 amide bonds. The predicted molar refractivity (Wildman–Crippen MR) is 110 cm³/mol. The molecule has 0 radical (unpaired) electrons. The Morgan fingerprint density at radius 3 is 2.75 bits per heavy atom. The fourth-order valence-electron chi connectivity index (χ4n) is 2.36. The van der Waals surface area contributed by atoms with Gasteiger partial charge >= 0.3 is 0 Å². The first-order chi connectivity index (χ1) is 13.7. The number of nitrogens with one attached hydrogen (secondary N) is 2. The summed E-state index contributed by atoms with van der Waals surface area (Å²) >= 11 is 1.68. The fraction of sp³-hybridized carbons (Fsp3) is 0.200. The summed E-state index contributed by atoms with van der Waals surface area (Å²) in [6, 6.07) is 8.47. The Hall–Kier alpha value is -3.00. The molecule has 0 atom stereocenters. The van der Waals surface area contributed by atoms with Crippen LogP contribution in [-0.2, 0) is 6.67 Å². The summed E-state index contributed by atoms with van der Waals surface area (Å²) in [6.45, 7) is 1.55. The molecule has 8 heteroatoms. The SMILES string of the molecule is CCCSc1ccncc1NC(=O)c1ccnc(Nc2ccc(CF)cn2)c1. The molecule has 0 aliphatic carbocycles. The first kappa shape index (κ1) is 19.8. The van der Waals surface area contributed by atoms with Crippen molar-refractivity contribution in [1.29, 1.82) is 0 Å². The van der Waals surface area contributed by atoms with E-state index in [1.807, 2.05) is 6.07 Å². The number of nitrogens with zero attached hydrogens (tertiary/aromatic N) is 3. The van der Waals surface area contributed by atoms with Gasteiger partial charge in [0, 0.05) is 34.6 Å². The summed E-state index contributed by atoms with van der Waals surface area (Å²) < 4.78 is 12.6. The molecule has 0 bridgehead atoms. The summed E-state index contributed by atoms with van der Waals surface area (Å²) in [4.78, 5) is 26.1. The number of amides is 1. The van der Waals surface area contributed by atoms with E-state index in [-0.39, 0.29) is 5.91 Å². The third kappa shape index (κ3) is 5.26. The normalized spacial score (nSPS) is 10.5. The molecule has 3 aromatic rings. The van der Waals surface area contributed by atoms with E-state index in [1.54, 1.807) is 54.6 Å². The number of carbonyl (C=O) groups excluding carboxylic acids is 1. The minimum atomic E-state index is -0.561. The standard InChI is InChI=1S/C20H20FN5OS/c1-2-9-28-17-6-7-22-13-16(17)25-20(27)15-5-8-23-19(10-15)26-18-4-3-14(11-21)12-24-18/h3-8,10,12-13H,2,9,11H2,1H3,(H,25,27)(H,23,24,26). The van der Waals surface area contributed by atoms with Crippen LogP contribution in [-0.4, -0.2) is 26.6 Å². The number of anilines is 3. The third-order valence-electron chi connectivity index (χ3n) is 3.75. The molecule has 144 valence electrons. The second-order valence-electron chi connectivity index (χ2n) is 5.91. The summed E-state index contributed by atoms with van der Waals surface area (Å²) in [5.41, 5.74) is 1.63. The summed E-state index contributed by atoms with van der Waals surface area (Å²) in [6.07, 6.45) is 7.40. The van der Waals surface area contributed by atoms with Crippen LogP contribution in [0.3, 0.4) is 0 Å². The van der Waals surface area contributed by atoms with E-state index in [9.17, 15) is 9.18 Å². The van der Waals surface area contributed by atoms with Crippen molar-refractivity contribution in [3.63, 3.8) is 0 Å². The lowest BCUT2D eigenvalue weighted by molar-refractivity contribution is 0.102. The number of alkyl halides is 1. The van der Waals surface area contributed by atoms with Gasteiger partial charge in [-0.25, -0.2) is 14.4 Å². The first-order valence-electron chi connectivity index (χ1n) is 8.81. The number of hydrogen-bond donors (Lipinski definition) is 2. The topological polar surface area (TPSA) is 79.8 Å². The number of thioether (sulfide) groups is 1. The highest BCUT2D eigenvalue weighted by Gasteiger charge is 2.11. The zero-order valence-corrected chi connectivity index (χ0v) is 16.2. The Kier molecular flexibility index (Phi) is 6.91. The van der Waals surface area contributed by atoms with Crippen molar-refractivity contribution in [2.45, 2.75) is 24.9 Å². The van der Waals surface area contributed by atoms with Crippen LogP contribution in [0.5, 0.6) is 0 Å². The molecule has 28 heavy (non-hydrogen) atoms. The molecular formula is C20H20FN5OS. The van der Waals surface area contributed by atoms with Crippen molar-refractivity contribution in [1.82, 2.24) is 15.0 Å². The molecule has 0 saturated heterocycles. The molecule has 0 fully saturated rings. The monoisotopic (exact) mass is 397 g/mol. The smallest absolute Gasteiger partial charge is 0.255 e. The summed E-state index contributed by atoms with van der Waals surface area (Å²) in [5, 5.41) is 5.92. The highest BCUT2D eigenvalue weighted by atomic mass is 32.2. The van der Waals surface area contributed by atoms with Crippen LogP contribution in [0.2, 0.25) is 0 Å². The van der Waals surface area contributed by atoms with E-state index >= 15 is 0 Å². The number of rotatable bonds is 8. The Morgan fingerprint density at radius 1 is 1.11 bits per heavy atom. The van der Waals surface area contributed by atoms with Gasteiger partial charge in [-0.3, -0.25) is 9.78 Å². The highest BCUT2D eigenvalue weighted by molar-refractivity contribution is 7.99. The Bertz CT molecular complexity index is 936. The van der Waals surface area contributed by atoms with Gasteiger partial charge in [0.05, 0.1) is 11.9 Å². The minimum absolute atomic E-state index is 0.252. The average molecular weight is 397 g/mol. The predicted octanol–water partition coefficient (Wildman–Crippen LogP) is 4.84. The zero-order valence-electron chi connectivity index (χ0n) is 15.4. The van der Waals surface area contributed by atoms with E-state index in [4.69, 9.17) is 0 Å². The van der Waals surface area contributed by atoms with Crippen molar-refractivity contribution in [3.8, 4) is 0 Å². The fourth-order valence-corrected chi connectivity index (χ4v) is 3.20. The van der Waals surface area contributed by atoms with Gasteiger partial charge in [0.2, 0.25) is 0 Å². The Morgan fingerprint density at radius 2 is 2.00 bits per heavy atom. The van der Waals surface area contributed by atoms with Gasteiger partial charge in [0.15, 0.2) is 0 Å². The summed E-state index contributed by atoms with van der Waals surface area (Å²) in [5.74, 6) is 1.70. The van der Waals surface area contributed by atoms with Gasteiger partial charge in [-0.1, -0.05) is 13.0 Å². The molecule has 0 aliphatic rings. The Balaban J connectivity index is 1.72. The molecular weight excluding hydrogens is 377 g/mol. The van der Waals surface area contributed by atoms with Gasteiger partial charge in [-0.15, -0.1) is 11.8 Å². The molecule has 2 N–H and O–H groups in total. The van der Waals surface area contributed by atoms with Crippen LogP contribution in [0.1, 0.15) is 29.3 Å². The average Bonchev–Trinajstić information content (AvgIpc) is 2.74. The molecule has 0 aromatic carbocycles. The molecule has 0 unspecified atom stereocenters. The van der Waals surface area contributed by atoms with Gasteiger partial charge in [0.1, 0.15) is 18.3 Å². The van der Waals surface area contributed by atoms with Crippen LogP contribution >= 0.6 is 11.8 Å². The lowest BCUT2D eigenvalue weighted by Gasteiger charge is -2.11. The van der Waals surface area contributed by atoms with E-state index < -0.39 is 6.67 Å². The Labute approximate surface area is 167 Å². The number of halogens is 1. The van der Waals surface area contributed by atoms with E-state index in [0.29, 0.717) is 28.5 Å². The number of aromatic nitrogens is 3. The maximum Gasteiger partial charge on any atom is 0.255 e. The second-order valence-corrected chi connectivity index (χ2v) is 7.05. The quantitative estimate of drug-likeness (QED) is 0.530. The van der Waals surface area contributed by atoms with Gasteiger partial charge in [0.25, 0.3) is 5.91 Å². The third-order valence-corrected chi connectivity index (χ3v) is 5.03. The number of pyridine rings is 3. The molecule has 3 heterocycles. The highest BCUT2D eigenvalue weighted by Crippen LogP contribution is 2.27. The van der Waals surface area contributed by atoms with Crippen LogP contribution in [0.25, 0.3) is 0 Å². The van der Waals surface area contributed by atoms with E-state index in [1.165, 1.54) is 6.20 Å². The number of carbonyl (C=O) groups is 1. The molecule has 3 rings (SSSR count).